The minimum absolute atomic E-state index is 0.0345. The Morgan fingerprint density at radius 2 is 1.75 bits per heavy atom. The summed E-state index contributed by atoms with van der Waals surface area (Å²) in [5.74, 6) is -2.18. The van der Waals surface area contributed by atoms with Gasteiger partial charge in [-0.2, -0.15) is 0 Å². The molecular formula is C71H94N2O14S2. The van der Waals surface area contributed by atoms with Crippen molar-refractivity contribution in [1.29, 1.82) is 0 Å². The van der Waals surface area contributed by atoms with Gasteiger partial charge in [0, 0.05) is 64.7 Å². The van der Waals surface area contributed by atoms with Crippen LogP contribution in [0.1, 0.15) is 140 Å². The molecule has 5 bridgehead atoms. The van der Waals surface area contributed by atoms with E-state index >= 15 is 0 Å². The molecule has 19 atom stereocenters. The Morgan fingerprint density at radius 3 is 2.57 bits per heavy atom. The van der Waals surface area contributed by atoms with E-state index in [0.717, 1.165) is 87.1 Å². The molecule has 4 aromatic rings. The van der Waals surface area contributed by atoms with E-state index in [9.17, 15) is 45.6 Å². The highest BCUT2D eigenvalue weighted by Crippen LogP contribution is 2.70. The maximum absolute atomic E-state index is 14.0. The number of hydrogen-bond donors (Lipinski definition) is 10. The number of nitrogens with one attached hydrogen (secondary N) is 2. The number of carbonyl (C=O) groups excluding carboxylic acids is 1. The smallest absolute Gasteiger partial charge is 0.306 e. The SMILES string of the molecule is CCOC(=O)CCc1cc2ccoc2c2c1O[C@@H]1O[C@@]3(CSS[C@]4(CC[C@]5(CC[C@H](CNC)C5)[C@@H]4CC[C@@]4(O)CC[C@@]5(C=CC(O)=C[C@@H]5c5ccc6ccccc6c5)C4)[C@H](CC[C@H](C)CCC[C@H]3O)NCCO2)[C@]2(O)C[C@@H]3C=C[C@@H](O)[C@H](CO)[C@H]3[C@@]1(O)[C@H]2O. The van der Waals surface area contributed by atoms with E-state index in [1.54, 1.807) is 53.0 Å². The van der Waals surface area contributed by atoms with Gasteiger partial charge in [-0.1, -0.05) is 102 Å². The van der Waals surface area contributed by atoms with Gasteiger partial charge in [-0.3, -0.25) is 4.79 Å². The number of benzene rings is 3. The first kappa shape index (κ1) is 63.6. The molecule has 16 nitrogen and oxygen atoms in total. The second-order valence-electron chi connectivity index (χ2n) is 28.7. The number of allylic oxidation sites excluding steroid dienone is 4. The number of carbonyl (C=O) groups is 1. The van der Waals surface area contributed by atoms with Gasteiger partial charge in [0.25, 0.3) is 0 Å². The maximum atomic E-state index is 14.0. The molecule has 0 radical (unpaired) electrons. The molecule has 3 aliphatic heterocycles. The Kier molecular flexibility index (Phi) is 17.8. The molecule has 10 N–H and O–H groups in total. The highest BCUT2D eigenvalue weighted by atomic mass is 33.1. The van der Waals surface area contributed by atoms with Crippen molar-refractivity contribution >= 4 is 49.3 Å². The van der Waals surface area contributed by atoms with Crippen molar-refractivity contribution in [3.63, 3.8) is 0 Å². The topological polar surface area (TPSA) is 253 Å². The molecule has 89 heavy (non-hydrogen) atoms. The number of rotatable bonds is 11. The normalized spacial score (nSPS) is 41.3. The molecule has 13 rings (SSSR count). The molecule has 4 heterocycles. The molecule has 9 aliphatic rings. The number of aryl methyl sites for hydroxylation is 1. The zero-order chi connectivity index (χ0) is 62.1. The first-order valence-corrected chi connectivity index (χ1v) is 35.6. The van der Waals surface area contributed by atoms with E-state index in [0.29, 0.717) is 54.7 Å². The Bertz CT molecular complexity index is 3320. The lowest BCUT2D eigenvalue weighted by atomic mass is 9.50. The molecule has 0 amide bonds. The number of esters is 1. The molecule has 6 fully saturated rings. The molecule has 1 aromatic heterocycles. The fourth-order valence-corrected chi connectivity index (χ4v) is 23.6. The van der Waals surface area contributed by atoms with Gasteiger partial charge >= 0.3 is 5.97 Å². The van der Waals surface area contributed by atoms with Crippen molar-refractivity contribution in [2.24, 2.45) is 46.3 Å². The Morgan fingerprint density at radius 1 is 0.910 bits per heavy atom. The molecule has 18 heteroatoms. The Hall–Kier alpha value is -4.15. The monoisotopic (exact) mass is 1260 g/mol. The van der Waals surface area contributed by atoms with Crippen LogP contribution in [0.15, 0.2) is 101 Å². The van der Waals surface area contributed by atoms with Crippen molar-refractivity contribution in [1.82, 2.24) is 10.6 Å². The van der Waals surface area contributed by atoms with Crippen molar-refractivity contribution in [2.45, 2.75) is 193 Å². The molecule has 0 unspecified atom stereocenters. The second-order valence-corrected chi connectivity index (χ2v) is 31.3. The number of ether oxygens (including phenoxy) is 4. The van der Waals surface area contributed by atoms with Crippen molar-refractivity contribution in [2.75, 3.05) is 45.7 Å². The van der Waals surface area contributed by atoms with Gasteiger partial charge in [0.15, 0.2) is 16.9 Å². The van der Waals surface area contributed by atoms with E-state index in [1.165, 1.54) is 0 Å². The van der Waals surface area contributed by atoms with Crippen molar-refractivity contribution in [3.8, 4) is 11.5 Å². The molecule has 484 valence electrons. The molecule has 6 aliphatic carbocycles. The number of aliphatic hydroxyl groups is 8. The van der Waals surface area contributed by atoms with Gasteiger partial charge < -0.3 is 74.9 Å². The first-order chi connectivity index (χ1) is 42.9. The van der Waals surface area contributed by atoms with Crippen LogP contribution in [0.3, 0.4) is 0 Å². The van der Waals surface area contributed by atoms with E-state index in [1.807, 2.05) is 31.3 Å². The summed E-state index contributed by atoms with van der Waals surface area (Å²) in [6, 6.07) is 18.5. The third kappa shape index (κ3) is 11.0. The average molecular weight is 1260 g/mol. The highest BCUT2D eigenvalue weighted by molar-refractivity contribution is 8.77. The van der Waals surface area contributed by atoms with E-state index in [2.05, 4.69) is 60.0 Å². The predicted octanol–water partition coefficient (Wildman–Crippen LogP) is 9.88. The molecular weight excluding hydrogens is 1170 g/mol. The number of furan rings is 1. The molecule has 4 saturated carbocycles. The predicted molar refractivity (Wildman–Crippen MR) is 344 cm³/mol. The Labute approximate surface area is 531 Å². The third-order valence-corrected chi connectivity index (χ3v) is 27.1. The van der Waals surface area contributed by atoms with Gasteiger partial charge in [0.2, 0.25) is 12.0 Å². The molecule has 3 aromatic carbocycles. The van der Waals surface area contributed by atoms with Crippen LogP contribution in [0.2, 0.25) is 0 Å². The van der Waals surface area contributed by atoms with E-state index < -0.39 is 87.5 Å². The van der Waals surface area contributed by atoms with Crippen LogP contribution < -0.4 is 20.1 Å². The van der Waals surface area contributed by atoms with Crippen LogP contribution in [-0.4, -0.2) is 150 Å². The fraction of sp³-hybridized carbons (Fsp3) is 0.648. The van der Waals surface area contributed by atoms with Crippen molar-refractivity contribution < 1.29 is 69.0 Å². The zero-order valence-corrected chi connectivity index (χ0v) is 53.5. The lowest BCUT2D eigenvalue weighted by Gasteiger charge is -2.67. The van der Waals surface area contributed by atoms with Crippen molar-refractivity contribution in [3.05, 3.63) is 108 Å². The second kappa shape index (κ2) is 25.0. The summed E-state index contributed by atoms with van der Waals surface area (Å²) in [6.07, 6.45) is 15.8. The molecule has 4 spiro atoms. The Balaban J connectivity index is 0.933. The van der Waals surface area contributed by atoms with E-state index in [-0.39, 0.29) is 91.1 Å². The summed E-state index contributed by atoms with van der Waals surface area (Å²) < 4.78 is 32.8. The van der Waals surface area contributed by atoms with Gasteiger partial charge in [-0.15, -0.1) is 0 Å². The van der Waals surface area contributed by atoms with Crippen LogP contribution >= 0.6 is 21.6 Å². The summed E-state index contributed by atoms with van der Waals surface area (Å²) in [6.45, 7) is 5.10. The van der Waals surface area contributed by atoms with Crippen LogP contribution in [0.25, 0.3) is 21.7 Å². The highest BCUT2D eigenvalue weighted by Gasteiger charge is 2.78. The van der Waals surface area contributed by atoms with Crippen LogP contribution in [0.4, 0.5) is 0 Å². The summed E-state index contributed by atoms with van der Waals surface area (Å²) in [5.41, 5.74) is -6.40. The fourth-order valence-electron chi connectivity index (χ4n) is 19.3. The van der Waals surface area contributed by atoms with Crippen LogP contribution in [0, 0.1) is 46.3 Å². The number of fused-ring (bicyclic) bond motifs is 12. The summed E-state index contributed by atoms with van der Waals surface area (Å²) in [7, 11) is 5.39. The molecule has 2 saturated heterocycles. The lowest BCUT2D eigenvalue weighted by Crippen LogP contribution is -2.86. The first-order valence-electron chi connectivity index (χ1n) is 33.3. The summed E-state index contributed by atoms with van der Waals surface area (Å²) in [4.78, 5) is 13.2. The van der Waals surface area contributed by atoms with Gasteiger partial charge in [-0.05, 0) is 192 Å². The quantitative estimate of drug-likeness (QED) is 0.0381. The van der Waals surface area contributed by atoms with Crippen LogP contribution in [-0.2, 0) is 20.7 Å². The third-order valence-electron chi connectivity index (χ3n) is 23.7. The zero-order valence-electron chi connectivity index (χ0n) is 51.9. The number of hydrogen-bond acceptors (Lipinski definition) is 18. The van der Waals surface area contributed by atoms with Gasteiger partial charge in [0.05, 0.1) is 30.7 Å². The largest absolute Gasteiger partial charge is 0.508 e. The minimum Gasteiger partial charge on any atom is -0.508 e. The standard InChI is InChI=1S/C71H94N2O14S2/c1-4-83-58(78)19-16-48-35-49-23-32-84-60(49)62-61(48)86-64-71(82)59-50(15-17-54(76)52(59)40-74)38-69(81,63(71)79)70(87-64)42-88-89-68(56(73-31-33-85-62)18-12-43(2)8-7-11-57(70)77)30-28-65(24-20-44(37-65)39-72-3)55(68)22-26-67(80)29-27-66(41-67)25-21-51(75)36-53(66)47-14-13-45-9-5-6-10-46(45)34-47/h5-6,9-10,13-15,17,21,23,25,32,34-36,43-44,50,52-57,59,63-64,72-77,79-82H,4,7-8,11-12,16,18-20,22,24,26-31,33,37-42H2,1-3H3/t43-,44+,50+,52+,53-,54-,55+,56+,57-,59+,63+,64-,65+,66+,67-,68+,69+,70-,71-/m1/s1. The van der Waals surface area contributed by atoms with Gasteiger partial charge in [0.1, 0.15) is 29.7 Å². The summed E-state index contributed by atoms with van der Waals surface area (Å²) >= 11 is 0. The van der Waals surface area contributed by atoms with Gasteiger partial charge in [-0.25, -0.2) is 0 Å². The van der Waals surface area contributed by atoms with E-state index in [4.69, 9.17) is 23.4 Å². The number of aliphatic hydroxyl groups excluding tert-OH is 5. The average Bonchev–Trinajstić information content (AvgIpc) is 1.61. The lowest BCUT2D eigenvalue weighted by molar-refractivity contribution is -0.424. The van der Waals surface area contributed by atoms with Crippen LogP contribution in [0.5, 0.6) is 11.5 Å². The maximum Gasteiger partial charge on any atom is 0.306 e. The minimum atomic E-state index is -2.53. The summed E-state index contributed by atoms with van der Waals surface area (Å²) in [5, 5.41) is 112.